The van der Waals surface area contributed by atoms with Crippen molar-refractivity contribution in [3.05, 3.63) is 107 Å². The maximum atomic E-state index is 13.6. The van der Waals surface area contributed by atoms with Gasteiger partial charge in [0.25, 0.3) is 5.91 Å². The minimum Gasteiger partial charge on any atom is -0.319 e. The van der Waals surface area contributed by atoms with Crippen molar-refractivity contribution in [1.29, 1.82) is 5.26 Å². The summed E-state index contributed by atoms with van der Waals surface area (Å²) in [5.74, 6) is -0.276. The third kappa shape index (κ3) is 3.48. The molecular weight excluding hydrogens is 362 g/mol. The Balaban J connectivity index is 1.69. The smallest absolute Gasteiger partial charge is 0.319 e. The molecule has 5 heteroatoms. The number of carbonyl (C=O) groups is 2. The molecule has 1 fully saturated rings. The number of carbonyl (C=O) groups excluding carboxylic acids is 2. The second-order valence-corrected chi connectivity index (χ2v) is 7.06. The zero-order valence-electron chi connectivity index (χ0n) is 15.7. The van der Waals surface area contributed by atoms with Crippen LogP contribution in [0.3, 0.4) is 0 Å². The number of hydrogen-bond donors (Lipinski definition) is 1. The molecule has 4 rings (SSSR count). The molecule has 1 N–H and O–H groups in total. The first-order valence-electron chi connectivity index (χ1n) is 9.35. The average Bonchev–Trinajstić information content (AvgIpc) is 3.00. The molecule has 0 aliphatic carbocycles. The molecule has 1 aliphatic heterocycles. The van der Waals surface area contributed by atoms with Gasteiger partial charge < -0.3 is 5.32 Å². The molecule has 3 aromatic rings. The summed E-state index contributed by atoms with van der Waals surface area (Å²) in [4.78, 5) is 27.6. The van der Waals surface area contributed by atoms with Gasteiger partial charge in [0.05, 0.1) is 18.2 Å². The SMILES string of the molecule is N#Cc1ccc(CN2C(=O)NC(Cc3ccccc3)(c3ccccc3)C2=O)cc1. The lowest BCUT2D eigenvalue weighted by molar-refractivity contribution is -0.132. The van der Waals surface area contributed by atoms with E-state index in [9.17, 15) is 9.59 Å². The first kappa shape index (κ1) is 18.5. The minimum absolute atomic E-state index is 0.153. The van der Waals surface area contributed by atoms with Gasteiger partial charge in [-0.2, -0.15) is 5.26 Å². The topological polar surface area (TPSA) is 73.2 Å². The molecule has 0 bridgehead atoms. The second-order valence-electron chi connectivity index (χ2n) is 7.06. The zero-order valence-corrected chi connectivity index (χ0v) is 15.7. The predicted octanol–water partition coefficient (Wildman–Crippen LogP) is 3.75. The molecule has 142 valence electrons. The molecular formula is C24H19N3O2. The van der Waals surface area contributed by atoms with Gasteiger partial charge in [-0.1, -0.05) is 72.8 Å². The molecule has 29 heavy (non-hydrogen) atoms. The lowest BCUT2D eigenvalue weighted by atomic mass is 9.83. The van der Waals surface area contributed by atoms with E-state index in [1.165, 1.54) is 4.90 Å². The summed E-state index contributed by atoms with van der Waals surface area (Å²) in [5, 5.41) is 11.9. The number of amides is 3. The number of nitriles is 1. The van der Waals surface area contributed by atoms with Crippen molar-refractivity contribution < 1.29 is 9.59 Å². The maximum Gasteiger partial charge on any atom is 0.325 e. The van der Waals surface area contributed by atoms with Crippen molar-refractivity contribution in [2.75, 3.05) is 0 Å². The van der Waals surface area contributed by atoms with Gasteiger partial charge in [0.2, 0.25) is 0 Å². The van der Waals surface area contributed by atoms with E-state index in [0.717, 1.165) is 16.7 Å². The van der Waals surface area contributed by atoms with Crippen LogP contribution in [0.2, 0.25) is 0 Å². The van der Waals surface area contributed by atoms with Crippen LogP contribution in [0, 0.1) is 11.3 Å². The van der Waals surface area contributed by atoms with Gasteiger partial charge in [0.1, 0.15) is 0 Å². The molecule has 1 atom stereocenters. The fourth-order valence-electron chi connectivity index (χ4n) is 3.68. The summed E-state index contributed by atoms with van der Waals surface area (Å²) in [6.45, 7) is 0.153. The Morgan fingerprint density at radius 1 is 0.828 bits per heavy atom. The van der Waals surface area contributed by atoms with Crippen LogP contribution in [0.1, 0.15) is 22.3 Å². The van der Waals surface area contributed by atoms with E-state index >= 15 is 0 Å². The summed E-state index contributed by atoms with van der Waals surface area (Å²) in [5.41, 5.74) is 1.89. The van der Waals surface area contributed by atoms with Gasteiger partial charge in [-0.15, -0.1) is 0 Å². The highest BCUT2D eigenvalue weighted by Crippen LogP contribution is 2.33. The Bertz CT molecular complexity index is 1070. The lowest BCUT2D eigenvalue weighted by Crippen LogP contribution is -2.46. The van der Waals surface area contributed by atoms with E-state index in [0.29, 0.717) is 12.0 Å². The summed E-state index contributed by atoms with van der Waals surface area (Å²) in [6.07, 6.45) is 0.367. The van der Waals surface area contributed by atoms with Crippen molar-refractivity contribution in [1.82, 2.24) is 10.2 Å². The van der Waals surface area contributed by atoms with Crippen LogP contribution in [-0.4, -0.2) is 16.8 Å². The van der Waals surface area contributed by atoms with E-state index in [1.54, 1.807) is 24.3 Å². The summed E-state index contributed by atoms with van der Waals surface area (Å²) in [7, 11) is 0. The molecule has 1 aliphatic rings. The Morgan fingerprint density at radius 3 is 2.07 bits per heavy atom. The Hall–Kier alpha value is -3.91. The van der Waals surface area contributed by atoms with Crippen molar-refractivity contribution in [2.24, 2.45) is 0 Å². The van der Waals surface area contributed by atoms with Crippen LogP contribution in [0.4, 0.5) is 4.79 Å². The highest BCUT2D eigenvalue weighted by Gasteiger charge is 2.52. The van der Waals surface area contributed by atoms with Crippen molar-refractivity contribution in [3.8, 4) is 6.07 Å². The molecule has 0 spiro atoms. The van der Waals surface area contributed by atoms with Crippen LogP contribution in [0.15, 0.2) is 84.9 Å². The standard InChI is InChI=1S/C24H19N3O2/c25-16-19-11-13-20(14-12-19)17-27-22(28)24(26-23(27)29,21-9-5-2-6-10-21)15-18-7-3-1-4-8-18/h1-14H,15,17H2,(H,26,29). The molecule has 0 aromatic heterocycles. The van der Waals surface area contributed by atoms with E-state index < -0.39 is 11.6 Å². The Kier molecular flexibility index (Phi) is 4.84. The molecule has 1 saturated heterocycles. The number of benzene rings is 3. The third-order valence-electron chi connectivity index (χ3n) is 5.18. The third-order valence-corrected chi connectivity index (χ3v) is 5.18. The number of nitrogens with one attached hydrogen (secondary N) is 1. The first-order valence-corrected chi connectivity index (χ1v) is 9.35. The summed E-state index contributed by atoms with van der Waals surface area (Å²) in [6, 6.07) is 27.6. The molecule has 3 aromatic carbocycles. The number of imide groups is 1. The van der Waals surface area contributed by atoms with Gasteiger partial charge in [0.15, 0.2) is 5.54 Å². The van der Waals surface area contributed by atoms with Gasteiger partial charge in [-0.25, -0.2) is 4.79 Å². The van der Waals surface area contributed by atoms with Crippen LogP contribution >= 0.6 is 0 Å². The second kappa shape index (κ2) is 7.61. The lowest BCUT2D eigenvalue weighted by Gasteiger charge is -2.27. The minimum atomic E-state index is -1.15. The van der Waals surface area contributed by atoms with Gasteiger partial charge in [-0.3, -0.25) is 9.69 Å². The zero-order chi connectivity index (χ0) is 20.3. The number of nitrogens with zero attached hydrogens (tertiary/aromatic N) is 2. The summed E-state index contributed by atoms with van der Waals surface area (Å²) < 4.78 is 0. The maximum absolute atomic E-state index is 13.6. The van der Waals surface area contributed by atoms with E-state index in [2.05, 4.69) is 11.4 Å². The quantitative estimate of drug-likeness (QED) is 0.684. The van der Waals surface area contributed by atoms with Gasteiger partial charge >= 0.3 is 6.03 Å². The first-order chi connectivity index (χ1) is 14.1. The summed E-state index contributed by atoms with van der Waals surface area (Å²) >= 11 is 0. The highest BCUT2D eigenvalue weighted by molar-refractivity contribution is 6.07. The normalized spacial score (nSPS) is 18.4. The largest absolute Gasteiger partial charge is 0.325 e. The van der Waals surface area contributed by atoms with E-state index in [4.69, 9.17) is 5.26 Å². The Morgan fingerprint density at radius 2 is 1.45 bits per heavy atom. The monoisotopic (exact) mass is 381 g/mol. The molecule has 5 nitrogen and oxygen atoms in total. The fraction of sp³-hybridized carbons (Fsp3) is 0.125. The average molecular weight is 381 g/mol. The van der Waals surface area contributed by atoms with Crippen molar-refractivity contribution >= 4 is 11.9 Å². The predicted molar refractivity (Wildman–Crippen MR) is 109 cm³/mol. The Labute approximate surface area is 169 Å². The van der Waals surface area contributed by atoms with Crippen molar-refractivity contribution in [2.45, 2.75) is 18.5 Å². The molecule has 3 amide bonds. The molecule has 0 saturated carbocycles. The van der Waals surface area contributed by atoms with E-state index in [-0.39, 0.29) is 12.5 Å². The number of rotatable bonds is 5. The van der Waals surface area contributed by atoms with Crippen LogP contribution in [0.25, 0.3) is 0 Å². The van der Waals surface area contributed by atoms with Crippen LogP contribution in [-0.2, 0) is 23.3 Å². The molecule has 0 radical (unpaired) electrons. The van der Waals surface area contributed by atoms with Crippen LogP contribution in [0.5, 0.6) is 0 Å². The van der Waals surface area contributed by atoms with Crippen molar-refractivity contribution in [3.63, 3.8) is 0 Å². The van der Waals surface area contributed by atoms with Gasteiger partial charge in [-0.05, 0) is 28.8 Å². The fourth-order valence-corrected chi connectivity index (χ4v) is 3.68. The number of hydrogen-bond acceptors (Lipinski definition) is 3. The highest BCUT2D eigenvalue weighted by atomic mass is 16.2. The molecule has 1 heterocycles. The van der Waals surface area contributed by atoms with Gasteiger partial charge in [0, 0.05) is 6.42 Å². The van der Waals surface area contributed by atoms with Crippen LogP contribution < -0.4 is 5.32 Å². The molecule has 1 unspecified atom stereocenters. The number of urea groups is 1. The van der Waals surface area contributed by atoms with E-state index in [1.807, 2.05) is 60.7 Å².